The molecule has 2 aromatic rings. The van der Waals surface area contributed by atoms with Crippen LogP contribution in [0.2, 0.25) is 0 Å². The Morgan fingerprint density at radius 1 is 1.18 bits per heavy atom. The highest BCUT2D eigenvalue weighted by Crippen LogP contribution is 2.26. The smallest absolute Gasteiger partial charge is 0.123 e. The minimum absolute atomic E-state index is 0.223. The molecule has 0 bridgehead atoms. The molecule has 0 N–H and O–H groups in total. The average Bonchev–Trinajstić information content (AvgIpc) is 3.02. The summed E-state index contributed by atoms with van der Waals surface area (Å²) in [5.41, 5.74) is 5.52. The number of aromatic nitrogens is 2. The van der Waals surface area contributed by atoms with Crippen LogP contribution in [0, 0.1) is 12.7 Å². The van der Waals surface area contributed by atoms with E-state index in [-0.39, 0.29) is 5.82 Å². The molecule has 0 radical (unpaired) electrons. The zero-order valence-corrected chi connectivity index (χ0v) is 17.0. The molecule has 1 aliphatic heterocycles. The lowest BCUT2D eigenvalue weighted by atomic mass is 10.0. The van der Waals surface area contributed by atoms with Gasteiger partial charge in [-0.05, 0) is 31.5 Å². The number of benzene rings is 1. The third-order valence-corrected chi connectivity index (χ3v) is 5.41. The third-order valence-electron chi connectivity index (χ3n) is 5.41. The maximum atomic E-state index is 13.3. The number of aryl methyl sites for hydroxylation is 1. The number of nitrogens with zero attached hydrogens (tertiary/aromatic N) is 4. The Morgan fingerprint density at radius 2 is 1.86 bits per heavy atom. The summed E-state index contributed by atoms with van der Waals surface area (Å²) in [7, 11) is 1.98. The van der Waals surface area contributed by atoms with Gasteiger partial charge in [0.05, 0.1) is 6.20 Å². The van der Waals surface area contributed by atoms with Crippen LogP contribution in [0.1, 0.15) is 23.7 Å². The molecule has 28 heavy (non-hydrogen) atoms. The fourth-order valence-electron chi connectivity index (χ4n) is 3.47. The summed E-state index contributed by atoms with van der Waals surface area (Å²) >= 11 is 0. The summed E-state index contributed by atoms with van der Waals surface area (Å²) in [6.45, 7) is 13.2. The van der Waals surface area contributed by atoms with Gasteiger partial charge in [-0.1, -0.05) is 36.9 Å². The maximum Gasteiger partial charge on any atom is 0.123 e. The molecule has 1 aromatic heterocycles. The highest BCUT2D eigenvalue weighted by Gasteiger charge is 2.21. The number of piperazine rings is 1. The molecule has 4 nitrogen and oxygen atoms in total. The van der Waals surface area contributed by atoms with Gasteiger partial charge in [-0.15, -0.1) is 0 Å². The van der Waals surface area contributed by atoms with E-state index in [0.29, 0.717) is 0 Å². The molecule has 0 saturated carbocycles. The zero-order chi connectivity index (χ0) is 20.1. The predicted octanol–water partition coefficient (Wildman–Crippen LogP) is 4.16. The van der Waals surface area contributed by atoms with Crippen molar-refractivity contribution in [1.82, 2.24) is 19.6 Å². The van der Waals surface area contributed by atoms with Gasteiger partial charge in [0.15, 0.2) is 0 Å². The Bertz CT molecular complexity index is 869. The second-order valence-corrected chi connectivity index (χ2v) is 7.20. The number of allylic oxidation sites excluding steroid dienone is 4. The molecular weight excluding hydrogens is 351 g/mol. The summed E-state index contributed by atoms with van der Waals surface area (Å²) in [5, 5.41) is 4.34. The van der Waals surface area contributed by atoms with Crippen LogP contribution in [0.3, 0.4) is 0 Å². The van der Waals surface area contributed by atoms with Crippen LogP contribution in [0.15, 0.2) is 61.0 Å². The number of halogens is 1. The van der Waals surface area contributed by atoms with Crippen LogP contribution >= 0.6 is 0 Å². The van der Waals surface area contributed by atoms with E-state index in [9.17, 15) is 4.39 Å². The van der Waals surface area contributed by atoms with E-state index in [1.165, 1.54) is 23.4 Å². The fourth-order valence-corrected chi connectivity index (χ4v) is 3.47. The van der Waals surface area contributed by atoms with E-state index in [1.54, 1.807) is 0 Å². The third kappa shape index (κ3) is 4.60. The quantitative estimate of drug-likeness (QED) is 0.704. The van der Waals surface area contributed by atoms with Crippen LogP contribution in [0.4, 0.5) is 4.39 Å². The molecule has 1 aromatic carbocycles. The Labute approximate surface area is 167 Å². The fraction of sp³-hybridized carbons (Fsp3) is 0.348. The van der Waals surface area contributed by atoms with Gasteiger partial charge >= 0.3 is 0 Å². The van der Waals surface area contributed by atoms with Gasteiger partial charge in [0.1, 0.15) is 5.82 Å². The predicted molar refractivity (Wildman–Crippen MR) is 113 cm³/mol. The van der Waals surface area contributed by atoms with E-state index in [2.05, 4.69) is 34.5 Å². The summed E-state index contributed by atoms with van der Waals surface area (Å²) < 4.78 is 15.3. The van der Waals surface area contributed by atoms with E-state index in [1.807, 2.05) is 49.1 Å². The molecule has 148 valence electrons. The lowest BCUT2D eigenvalue weighted by Crippen LogP contribution is -2.45. The number of hydrogen-bond acceptors (Lipinski definition) is 3. The van der Waals surface area contributed by atoms with Crippen molar-refractivity contribution < 1.29 is 4.39 Å². The Kier molecular flexibility index (Phi) is 6.47. The molecule has 3 rings (SSSR count). The lowest BCUT2D eigenvalue weighted by molar-refractivity contribution is 0.157. The normalized spacial score (nSPS) is 16.1. The first-order valence-corrected chi connectivity index (χ1v) is 9.72. The topological polar surface area (TPSA) is 24.3 Å². The van der Waals surface area contributed by atoms with Crippen molar-refractivity contribution in [3.63, 3.8) is 0 Å². The molecule has 1 fully saturated rings. The molecule has 0 unspecified atom stereocenters. The van der Waals surface area contributed by atoms with Gasteiger partial charge in [-0.25, -0.2) is 4.39 Å². The van der Waals surface area contributed by atoms with E-state index in [4.69, 9.17) is 0 Å². The Morgan fingerprint density at radius 3 is 2.43 bits per heavy atom. The summed E-state index contributed by atoms with van der Waals surface area (Å²) in [5.74, 6) is -0.223. The standard InChI is InChI=1S/C23H29FN4/c1-5-6-7-23(20-8-10-22(24)11-9-20)19(3)28-14-12-27(13-15-28)17-21-16-25-26(4)18(21)2/h5-11,16H,3,12-15,17H2,1-2,4H3/b6-5-,23-7+. The highest BCUT2D eigenvalue weighted by molar-refractivity contribution is 5.79. The maximum absolute atomic E-state index is 13.3. The van der Waals surface area contributed by atoms with Crippen molar-refractivity contribution in [3.8, 4) is 0 Å². The van der Waals surface area contributed by atoms with Crippen LogP contribution in [-0.4, -0.2) is 45.8 Å². The molecule has 5 heteroatoms. The first-order chi connectivity index (χ1) is 13.5. The molecule has 1 saturated heterocycles. The van der Waals surface area contributed by atoms with Crippen LogP contribution in [0.5, 0.6) is 0 Å². The summed E-state index contributed by atoms with van der Waals surface area (Å²) in [6, 6.07) is 6.63. The van der Waals surface area contributed by atoms with Crippen LogP contribution < -0.4 is 0 Å². The van der Waals surface area contributed by atoms with Crippen LogP contribution in [-0.2, 0) is 13.6 Å². The number of hydrogen-bond donors (Lipinski definition) is 0. The van der Waals surface area contributed by atoms with E-state index < -0.39 is 0 Å². The first-order valence-electron chi connectivity index (χ1n) is 9.72. The SMILES string of the molecule is C=C(/C(=C\C=C/C)c1ccc(F)cc1)N1CCN(Cc2cnn(C)c2C)CC1. The second kappa shape index (κ2) is 9.02. The molecule has 1 aliphatic rings. The lowest BCUT2D eigenvalue weighted by Gasteiger charge is -2.37. The minimum Gasteiger partial charge on any atom is -0.369 e. The molecule has 0 amide bonds. The van der Waals surface area contributed by atoms with Crippen molar-refractivity contribution >= 4 is 5.57 Å². The number of rotatable bonds is 6. The largest absolute Gasteiger partial charge is 0.369 e. The highest BCUT2D eigenvalue weighted by atomic mass is 19.1. The van der Waals surface area contributed by atoms with Crippen molar-refractivity contribution in [1.29, 1.82) is 0 Å². The van der Waals surface area contributed by atoms with Crippen molar-refractivity contribution in [2.24, 2.45) is 7.05 Å². The molecule has 0 spiro atoms. The second-order valence-electron chi connectivity index (χ2n) is 7.20. The molecule has 0 atom stereocenters. The first kappa shape index (κ1) is 20.1. The van der Waals surface area contributed by atoms with Gasteiger partial charge in [-0.2, -0.15) is 5.10 Å². The monoisotopic (exact) mass is 380 g/mol. The minimum atomic E-state index is -0.223. The van der Waals surface area contributed by atoms with Crippen molar-refractivity contribution in [2.75, 3.05) is 26.2 Å². The van der Waals surface area contributed by atoms with Gasteiger partial charge in [0.2, 0.25) is 0 Å². The van der Waals surface area contributed by atoms with Crippen LogP contribution in [0.25, 0.3) is 5.57 Å². The Balaban J connectivity index is 1.66. The van der Waals surface area contributed by atoms with Gasteiger partial charge in [0.25, 0.3) is 0 Å². The average molecular weight is 381 g/mol. The Hall–Kier alpha value is -2.66. The zero-order valence-electron chi connectivity index (χ0n) is 17.0. The van der Waals surface area contributed by atoms with Gasteiger partial charge in [0, 0.05) is 62.3 Å². The van der Waals surface area contributed by atoms with Gasteiger partial charge in [-0.3, -0.25) is 9.58 Å². The molecular formula is C23H29FN4. The van der Waals surface area contributed by atoms with Crippen molar-refractivity contribution in [2.45, 2.75) is 20.4 Å². The van der Waals surface area contributed by atoms with Crippen molar-refractivity contribution in [3.05, 3.63) is 83.6 Å². The molecule has 0 aliphatic carbocycles. The van der Waals surface area contributed by atoms with E-state index >= 15 is 0 Å². The van der Waals surface area contributed by atoms with Gasteiger partial charge < -0.3 is 4.90 Å². The summed E-state index contributed by atoms with van der Waals surface area (Å²) in [4.78, 5) is 4.78. The summed E-state index contributed by atoms with van der Waals surface area (Å²) in [6.07, 6.45) is 8.02. The molecule has 2 heterocycles. The van der Waals surface area contributed by atoms with E-state index in [0.717, 1.165) is 49.6 Å².